The van der Waals surface area contributed by atoms with Crippen LogP contribution in [0.2, 0.25) is 0 Å². The number of allylic oxidation sites excluding steroid dienone is 4. The van der Waals surface area contributed by atoms with Crippen molar-refractivity contribution < 1.29 is 5.11 Å². The first-order valence-corrected chi connectivity index (χ1v) is 6.88. The molecule has 0 spiro atoms. The fourth-order valence-corrected chi connectivity index (χ4v) is 2.34. The third-order valence-corrected chi connectivity index (χ3v) is 3.39. The van der Waals surface area contributed by atoms with Crippen LogP contribution in [0.15, 0.2) is 48.6 Å². The van der Waals surface area contributed by atoms with Crippen LogP contribution in [-0.2, 0) is 0 Å². The number of benzene rings is 1. The van der Waals surface area contributed by atoms with Crippen LogP contribution in [0.3, 0.4) is 0 Å². The Morgan fingerprint density at radius 1 is 1.19 bits per heavy atom. The molecule has 106 valence electrons. The number of fused-ring (bicyclic) bond motifs is 1. The summed E-state index contributed by atoms with van der Waals surface area (Å²) in [5, 5.41) is 13.9. The fourth-order valence-electron chi connectivity index (χ4n) is 2.34. The maximum absolute atomic E-state index is 9.83. The van der Waals surface area contributed by atoms with Crippen LogP contribution in [0.1, 0.15) is 11.4 Å². The van der Waals surface area contributed by atoms with E-state index in [4.69, 9.17) is 0 Å². The van der Waals surface area contributed by atoms with E-state index in [1.807, 2.05) is 50.4 Å². The normalized spacial score (nSPS) is 17.7. The van der Waals surface area contributed by atoms with E-state index in [0.29, 0.717) is 5.82 Å². The number of anilines is 1. The molecule has 1 atom stereocenters. The predicted molar refractivity (Wildman–Crippen MR) is 86.1 cm³/mol. The van der Waals surface area contributed by atoms with Crippen LogP contribution in [-0.4, -0.2) is 28.2 Å². The van der Waals surface area contributed by atoms with Crippen molar-refractivity contribution in [3.05, 3.63) is 60.0 Å². The minimum absolute atomic E-state index is 0.608. The van der Waals surface area contributed by atoms with Crippen LogP contribution in [0.5, 0.6) is 0 Å². The Morgan fingerprint density at radius 2 is 2.05 bits per heavy atom. The molecule has 1 heterocycles. The summed E-state index contributed by atoms with van der Waals surface area (Å²) in [5.41, 5.74) is 2.86. The van der Waals surface area contributed by atoms with Gasteiger partial charge in [0, 0.05) is 18.0 Å². The SMILES string of the molecule is CNc1nc(C2=CC(O)C=CC=C2)nc2cc(C)ccc12. The van der Waals surface area contributed by atoms with E-state index in [1.165, 1.54) is 0 Å². The highest BCUT2D eigenvalue weighted by Crippen LogP contribution is 2.25. The van der Waals surface area contributed by atoms with Crippen molar-refractivity contribution in [1.82, 2.24) is 9.97 Å². The Balaban J connectivity index is 2.19. The molecule has 1 aliphatic carbocycles. The van der Waals surface area contributed by atoms with E-state index in [-0.39, 0.29) is 0 Å². The molecule has 1 aromatic carbocycles. The molecule has 0 fully saturated rings. The maximum atomic E-state index is 9.83. The van der Waals surface area contributed by atoms with Crippen molar-refractivity contribution in [2.24, 2.45) is 0 Å². The molecule has 0 bridgehead atoms. The van der Waals surface area contributed by atoms with E-state index in [9.17, 15) is 5.11 Å². The van der Waals surface area contributed by atoms with Gasteiger partial charge >= 0.3 is 0 Å². The third kappa shape index (κ3) is 2.71. The summed E-state index contributed by atoms with van der Waals surface area (Å²) in [6, 6.07) is 6.11. The van der Waals surface area contributed by atoms with Crippen LogP contribution in [0.25, 0.3) is 16.5 Å². The monoisotopic (exact) mass is 279 g/mol. The van der Waals surface area contributed by atoms with E-state index in [1.54, 1.807) is 12.2 Å². The van der Waals surface area contributed by atoms with Crippen molar-refractivity contribution in [1.29, 1.82) is 0 Å². The van der Waals surface area contributed by atoms with Gasteiger partial charge in [0.05, 0.1) is 11.6 Å². The first-order valence-electron chi connectivity index (χ1n) is 6.88. The number of nitrogens with one attached hydrogen (secondary N) is 1. The molecule has 2 N–H and O–H groups in total. The van der Waals surface area contributed by atoms with Crippen LogP contribution in [0.4, 0.5) is 5.82 Å². The van der Waals surface area contributed by atoms with Gasteiger partial charge < -0.3 is 10.4 Å². The van der Waals surface area contributed by atoms with E-state index < -0.39 is 6.10 Å². The van der Waals surface area contributed by atoms with Gasteiger partial charge in [-0.05, 0) is 30.7 Å². The van der Waals surface area contributed by atoms with Crippen LogP contribution >= 0.6 is 0 Å². The minimum atomic E-state index is -0.621. The third-order valence-electron chi connectivity index (χ3n) is 3.39. The van der Waals surface area contributed by atoms with Crippen molar-refractivity contribution in [3.8, 4) is 0 Å². The number of aliphatic hydroxyl groups is 1. The summed E-state index contributed by atoms with van der Waals surface area (Å²) in [5.74, 6) is 1.40. The lowest BCUT2D eigenvalue weighted by Crippen LogP contribution is -2.03. The molecule has 0 amide bonds. The molecular formula is C17H17N3O. The summed E-state index contributed by atoms with van der Waals surface area (Å²) >= 11 is 0. The first-order chi connectivity index (χ1) is 10.2. The number of aromatic nitrogens is 2. The number of aryl methyl sites for hydroxylation is 1. The minimum Gasteiger partial charge on any atom is -0.385 e. The maximum Gasteiger partial charge on any atom is 0.161 e. The molecule has 0 aliphatic heterocycles. The fraction of sp³-hybridized carbons (Fsp3) is 0.176. The Bertz CT molecular complexity index is 775. The summed E-state index contributed by atoms with van der Waals surface area (Å²) in [7, 11) is 1.85. The molecule has 4 nitrogen and oxygen atoms in total. The second kappa shape index (κ2) is 5.50. The second-order valence-electron chi connectivity index (χ2n) is 5.02. The standard InChI is InChI=1S/C17H17N3O/c1-11-7-8-14-15(9-11)19-16(20-17(14)18-2)12-5-3-4-6-13(21)10-12/h3-10,13,21H,1-2H3,(H,18,19,20). The number of rotatable bonds is 2. The van der Waals surface area contributed by atoms with Gasteiger partial charge in [0.2, 0.25) is 0 Å². The summed E-state index contributed by atoms with van der Waals surface area (Å²) in [6.07, 6.45) is 8.45. The Hall–Kier alpha value is -2.46. The zero-order valence-corrected chi connectivity index (χ0v) is 12.0. The summed E-state index contributed by atoms with van der Waals surface area (Å²) < 4.78 is 0. The highest BCUT2D eigenvalue weighted by Gasteiger charge is 2.11. The van der Waals surface area contributed by atoms with Crippen LogP contribution < -0.4 is 5.32 Å². The zero-order chi connectivity index (χ0) is 14.8. The zero-order valence-electron chi connectivity index (χ0n) is 12.0. The Labute approximate surface area is 123 Å². The van der Waals surface area contributed by atoms with E-state index >= 15 is 0 Å². The van der Waals surface area contributed by atoms with Gasteiger partial charge in [-0.3, -0.25) is 0 Å². The molecule has 0 saturated heterocycles. The first kappa shape index (κ1) is 13.5. The molecule has 1 aliphatic rings. The predicted octanol–water partition coefficient (Wildman–Crippen LogP) is 2.85. The summed E-state index contributed by atoms with van der Waals surface area (Å²) in [6.45, 7) is 2.04. The molecule has 0 saturated carbocycles. The van der Waals surface area contributed by atoms with Crippen molar-refractivity contribution >= 4 is 22.3 Å². The van der Waals surface area contributed by atoms with Gasteiger partial charge in [0.15, 0.2) is 5.82 Å². The molecule has 1 aromatic heterocycles. The molecule has 0 radical (unpaired) electrons. The average Bonchev–Trinajstić information content (AvgIpc) is 2.70. The van der Waals surface area contributed by atoms with Crippen molar-refractivity contribution in [3.63, 3.8) is 0 Å². The number of hydrogen-bond donors (Lipinski definition) is 2. The van der Waals surface area contributed by atoms with Crippen LogP contribution in [0, 0.1) is 6.92 Å². The molecule has 1 unspecified atom stereocenters. The van der Waals surface area contributed by atoms with Gasteiger partial charge in [-0.15, -0.1) is 0 Å². The molecule has 3 rings (SSSR count). The van der Waals surface area contributed by atoms with E-state index in [0.717, 1.165) is 27.9 Å². The quantitative estimate of drug-likeness (QED) is 0.887. The molecule has 2 aromatic rings. The number of aliphatic hydroxyl groups excluding tert-OH is 1. The van der Waals surface area contributed by atoms with Crippen molar-refractivity contribution in [2.75, 3.05) is 12.4 Å². The molecule has 21 heavy (non-hydrogen) atoms. The Kier molecular flexibility index (Phi) is 3.54. The van der Waals surface area contributed by atoms with Crippen molar-refractivity contribution in [2.45, 2.75) is 13.0 Å². The number of nitrogens with zero attached hydrogens (tertiary/aromatic N) is 2. The lowest BCUT2D eigenvalue weighted by Gasteiger charge is -2.09. The number of hydrogen-bond acceptors (Lipinski definition) is 4. The smallest absolute Gasteiger partial charge is 0.161 e. The molecular weight excluding hydrogens is 262 g/mol. The molecule has 4 heteroatoms. The lowest BCUT2D eigenvalue weighted by molar-refractivity contribution is 0.272. The van der Waals surface area contributed by atoms with Gasteiger partial charge in [-0.25, -0.2) is 9.97 Å². The second-order valence-corrected chi connectivity index (χ2v) is 5.02. The topological polar surface area (TPSA) is 58.0 Å². The highest BCUT2D eigenvalue weighted by atomic mass is 16.3. The lowest BCUT2D eigenvalue weighted by atomic mass is 10.1. The van der Waals surface area contributed by atoms with Gasteiger partial charge in [-0.1, -0.05) is 30.4 Å². The Morgan fingerprint density at radius 3 is 2.86 bits per heavy atom. The highest BCUT2D eigenvalue weighted by molar-refractivity contribution is 5.91. The van der Waals surface area contributed by atoms with Gasteiger partial charge in [0.1, 0.15) is 5.82 Å². The van der Waals surface area contributed by atoms with E-state index in [2.05, 4.69) is 15.3 Å². The van der Waals surface area contributed by atoms with Gasteiger partial charge in [0.25, 0.3) is 0 Å². The van der Waals surface area contributed by atoms with Gasteiger partial charge in [-0.2, -0.15) is 0 Å². The average molecular weight is 279 g/mol. The summed E-state index contributed by atoms with van der Waals surface area (Å²) in [4.78, 5) is 9.20. The largest absolute Gasteiger partial charge is 0.385 e.